The summed E-state index contributed by atoms with van der Waals surface area (Å²) in [5, 5.41) is 5.00. The van der Waals surface area contributed by atoms with Gasteiger partial charge in [0.2, 0.25) is 11.8 Å². The molecule has 2 aromatic rings. The summed E-state index contributed by atoms with van der Waals surface area (Å²) in [6.45, 7) is 7.45. The number of carbonyl (C=O) groups excluding carboxylic acids is 1. The van der Waals surface area contributed by atoms with Gasteiger partial charge in [-0.3, -0.25) is 4.79 Å². The molecule has 2 aromatic heterocycles. The van der Waals surface area contributed by atoms with Crippen molar-refractivity contribution in [3.8, 4) is 0 Å². The van der Waals surface area contributed by atoms with Crippen LogP contribution in [0.2, 0.25) is 0 Å². The van der Waals surface area contributed by atoms with Crippen molar-refractivity contribution >= 4 is 17.2 Å². The highest BCUT2D eigenvalue weighted by atomic mass is 32.1. The number of rotatable bonds is 3. The van der Waals surface area contributed by atoms with Crippen molar-refractivity contribution in [1.82, 2.24) is 20.0 Å². The highest BCUT2D eigenvalue weighted by Crippen LogP contribution is 2.32. The van der Waals surface area contributed by atoms with Crippen LogP contribution in [-0.2, 0) is 11.2 Å². The van der Waals surface area contributed by atoms with Crippen molar-refractivity contribution in [2.24, 2.45) is 0 Å². The Labute approximate surface area is 133 Å². The van der Waals surface area contributed by atoms with Crippen LogP contribution in [0.5, 0.6) is 0 Å². The predicted molar refractivity (Wildman–Crippen MR) is 82.9 cm³/mol. The molecule has 0 saturated carbocycles. The average Bonchev–Trinajstić information content (AvgIpc) is 3.05. The van der Waals surface area contributed by atoms with Crippen LogP contribution in [0, 0.1) is 20.8 Å². The molecule has 22 heavy (non-hydrogen) atoms. The summed E-state index contributed by atoms with van der Waals surface area (Å²) in [5.41, 5.74) is 1.13. The number of amides is 1. The lowest BCUT2D eigenvalue weighted by Gasteiger charge is -2.30. The number of hydrogen-bond acceptors (Lipinski definition) is 6. The molecule has 1 aliphatic rings. The maximum Gasteiger partial charge on any atom is 0.230 e. The summed E-state index contributed by atoms with van der Waals surface area (Å²) in [5.74, 6) is 1.52. The Morgan fingerprint density at radius 1 is 1.27 bits per heavy atom. The fourth-order valence-electron chi connectivity index (χ4n) is 2.71. The van der Waals surface area contributed by atoms with Gasteiger partial charge < -0.3 is 9.42 Å². The minimum atomic E-state index is 0.0748. The zero-order chi connectivity index (χ0) is 15.7. The van der Waals surface area contributed by atoms with E-state index in [1.165, 1.54) is 9.88 Å². The molecule has 0 spiro atoms. The van der Waals surface area contributed by atoms with E-state index in [0.717, 1.165) is 31.6 Å². The molecular weight excluding hydrogens is 300 g/mol. The van der Waals surface area contributed by atoms with Gasteiger partial charge >= 0.3 is 0 Å². The summed E-state index contributed by atoms with van der Waals surface area (Å²) in [6, 6.07) is 0. The van der Waals surface area contributed by atoms with Gasteiger partial charge in [-0.05, 0) is 26.7 Å². The van der Waals surface area contributed by atoms with E-state index in [0.29, 0.717) is 17.6 Å². The van der Waals surface area contributed by atoms with Crippen LogP contribution >= 0.6 is 11.3 Å². The molecule has 0 aromatic carbocycles. The molecule has 0 radical (unpaired) electrons. The van der Waals surface area contributed by atoms with E-state index in [4.69, 9.17) is 4.52 Å². The number of aryl methyl sites for hydroxylation is 3. The zero-order valence-electron chi connectivity index (χ0n) is 13.1. The largest absolute Gasteiger partial charge is 0.342 e. The van der Waals surface area contributed by atoms with Crippen molar-refractivity contribution in [1.29, 1.82) is 0 Å². The van der Waals surface area contributed by atoms with Gasteiger partial charge in [0, 0.05) is 30.8 Å². The van der Waals surface area contributed by atoms with E-state index in [1.54, 1.807) is 18.3 Å². The molecule has 1 aliphatic heterocycles. The van der Waals surface area contributed by atoms with Crippen LogP contribution in [0.15, 0.2) is 4.52 Å². The minimum Gasteiger partial charge on any atom is -0.342 e. The molecule has 118 valence electrons. The normalized spacial score (nSPS) is 16.2. The molecule has 3 heterocycles. The Kier molecular flexibility index (Phi) is 4.24. The number of thiazole rings is 1. The van der Waals surface area contributed by atoms with Crippen LogP contribution in [0.1, 0.15) is 46.1 Å². The predicted octanol–water partition coefficient (Wildman–Crippen LogP) is 2.40. The van der Waals surface area contributed by atoms with E-state index < -0.39 is 0 Å². The standard InChI is InChI=1S/C15H20N4O2S/c1-9-10(2)22-15(16-9)12-4-6-19(7-5-12)14(20)8-13-17-11(3)21-18-13/h12H,4-8H2,1-3H3. The van der Waals surface area contributed by atoms with Gasteiger partial charge in [-0.15, -0.1) is 11.3 Å². The van der Waals surface area contributed by atoms with E-state index in [2.05, 4.69) is 29.0 Å². The molecule has 6 nitrogen and oxygen atoms in total. The van der Waals surface area contributed by atoms with Crippen molar-refractivity contribution in [2.75, 3.05) is 13.1 Å². The first kappa shape index (κ1) is 15.1. The lowest BCUT2D eigenvalue weighted by molar-refractivity contribution is -0.131. The number of aromatic nitrogens is 3. The zero-order valence-corrected chi connectivity index (χ0v) is 13.9. The van der Waals surface area contributed by atoms with Crippen LogP contribution in [0.4, 0.5) is 0 Å². The summed E-state index contributed by atoms with van der Waals surface area (Å²) >= 11 is 1.79. The first-order valence-corrected chi connectivity index (χ1v) is 8.35. The lowest BCUT2D eigenvalue weighted by atomic mass is 9.97. The minimum absolute atomic E-state index is 0.0748. The maximum absolute atomic E-state index is 12.3. The molecular formula is C15H20N4O2S. The van der Waals surface area contributed by atoms with Crippen molar-refractivity contribution in [2.45, 2.75) is 46.0 Å². The van der Waals surface area contributed by atoms with Crippen LogP contribution in [0.25, 0.3) is 0 Å². The third-order valence-electron chi connectivity index (χ3n) is 4.12. The second-order valence-electron chi connectivity index (χ2n) is 5.76. The summed E-state index contributed by atoms with van der Waals surface area (Å²) in [7, 11) is 0. The molecule has 0 atom stereocenters. The molecule has 0 bridgehead atoms. The van der Waals surface area contributed by atoms with Crippen molar-refractivity contribution < 1.29 is 9.32 Å². The Morgan fingerprint density at radius 2 is 2.00 bits per heavy atom. The lowest BCUT2D eigenvalue weighted by Crippen LogP contribution is -2.38. The summed E-state index contributed by atoms with van der Waals surface area (Å²) in [4.78, 5) is 24.2. The highest BCUT2D eigenvalue weighted by molar-refractivity contribution is 7.11. The first-order valence-electron chi connectivity index (χ1n) is 7.54. The van der Waals surface area contributed by atoms with Gasteiger partial charge in [0.15, 0.2) is 5.82 Å². The monoisotopic (exact) mass is 320 g/mol. The topological polar surface area (TPSA) is 72.1 Å². The fourth-order valence-corrected chi connectivity index (χ4v) is 3.80. The third-order valence-corrected chi connectivity index (χ3v) is 5.36. The van der Waals surface area contributed by atoms with Gasteiger partial charge in [-0.25, -0.2) is 4.98 Å². The van der Waals surface area contributed by atoms with E-state index >= 15 is 0 Å². The van der Waals surface area contributed by atoms with Crippen molar-refractivity contribution in [3.63, 3.8) is 0 Å². The Bertz CT molecular complexity index is 651. The third kappa shape index (κ3) is 3.19. The van der Waals surface area contributed by atoms with Gasteiger partial charge in [0.05, 0.1) is 17.1 Å². The van der Waals surface area contributed by atoms with Crippen molar-refractivity contribution in [3.05, 3.63) is 27.3 Å². The smallest absolute Gasteiger partial charge is 0.230 e. The first-order chi connectivity index (χ1) is 10.5. The molecule has 7 heteroatoms. The van der Waals surface area contributed by atoms with E-state index in [9.17, 15) is 4.79 Å². The maximum atomic E-state index is 12.3. The molecule has 1 fully saturated rings. The second kappa shape index (κ2) is 6.16. The Hall–Kier alpha value is -1.76. The second-order valence-corrected chi connectivity index (χ2v) is 6.99. The summed E-state index contributed by atoms with van der Waals surface area (Å²) < 4.78 is 4.90. The van der Waals surface area contributed by atoms with Gasteiger partial charge in [-0.2, -0.15) is 4.98 Å². The number of likely N-dealkylation sites (tertiary alicyclic amines) is 1. The van der Waals surface area contributed by atoms with Gasteiger partial charge in [-0.1, -0.05) is 5.16 Å². The molecule has 0 aliphatic carbocycles. The van der Waals surface area contributed by atoms with Gasteiger partial charge in [0.1, 0.15) is 0 Å². The Balaban J connectivity index is 1.56. The SMILES string of the molecule is Cc1nc(CC(=O)N2CCC(c3nc(C)c(C)s3)CC2)no1. The number of hydrogen-bond donors (Lipinski definition) is 0. The molecule has 0 unspecified atom stereocenters. The van der Waals surface area contributed by atoms with E-state index in [-0.39, 0.29) is 12.3 Å². The molecule has 0 N–H and O–H groups in total. The van der Waals surface area contributed by atoms with Gasteiger partial charge in [0.25, 0.3) is 0 Å². The Morgan fingerprint density at radius 3 is 2.55 bits per heavy atom. The highest BCUT2D eigenvalue weighted by Gasteiger charge is 2.26. The molecule has 1 amide bonds. The number of carbonyl (C=O) groups is 1. The molecule has 1 saturated heterocycles. The molecule has 3 rings (SSSR count). The van der Waals surface area contributed by atoms with E-state index in [1.807, 2.05) is 4.90 Å². The number of piperidine rings is 1. The van der Waals surface area contributed by atoms with Crippen LogP contribution in [0.3, 0.4) is 0 Å². The number of nitrogens with zero attached hydrogens (tertiary/aromatic N) is 4. The quantitative estimate of drug-likeness (QED) is 0.868. The van der Waals surface area contributed by atoms with Crippen LogP contribution in [-0.4, -0.2) is 39.0 Å². The average molecular weight is 320 g/mol. The summed E-state index contributed by atoms with van der Waals surface area (Å²) in [6.07, 6.45) is 2.17. The fraction of sp³-hybridized carbons (Fsp3) is 0.600. The van der Waals surface area contributed by atoms with Crippen LogP contribution < -0.4 is 0 Å².